The second kappa shape index (κ2) is 4.63. The van der Waals surface area contributed by atoms with E-state index in [1.807, 2.05) is 0 Å². The normalized spacial score (nSPS) is 31.5. The molecule has 0 unspecified atom stereocenters. The zero-order chi connectivity index (χ0) is 9.97. The van der Waals surface area contributed by atoms with Gasteiger partial charge >= 0.3 is 0 Å². The van der Waals surface area contributed by atoms with Crippen molar-refractivity contribution in [1.29, 1.82) is 0 Å². The number of rotatable bonds is 2. The number of nitrogens with zero attached hydrogens (tertiary/aromatic N) is 1. The summed E-state index contributed by atoms with van der Waals surface area (Å²) in [5.74, 6) is 0.795. The van der Waals surface area contributed by atoms with Crippen LogP contribution >= 0.6 is 0 Å². The number of hydrogen-bond acceptors (Lipinski definition) is 2. The first-order valence-electron chi connectivity index (χ1n) is 6.25. The Hall–Kier alpha value is -0.0800. The van der Waals surface area contributed by atoms with Crippen molar-refractivity contribution in [3.05, 3.63) is 0 Å². The van der Waals surface area contributed by atoms with E-state index in [4.69, 9.17) is 0 Å². The third-order valence-electron chi connectivity index (χ3n) is 3.89. The Labute approximate surface area is 88.1 Å². The summed E-state index contributed by atoms with van der Waals surface area (Å²) in [4.78, 5) is 2.79. The molecule has 1 saturated heterocycles. The molecule has 0 aromatic rings. The molecule has 0 aromatic carbocycles. The van der Waals surface area contributed by atoms with Gasteiger partial charge in [-0.25, -0.2) is 0 Å². The molecule has 0 spiro atoms. The second-order valence-electron chi connectivity index (χ2n) is 5.19. The molecule has 1 saturated carbocycles. The van der Waals surface area contributed by atoms with Crippen molar-refractivity contribution in [3.63, 3.8) is 0 Å². The van der Waals surface area contributed by atoms with Crippen LogP contribution in [0.1, 0.15) is 39.5 Å². The highest BCUT2D eigenvalue weighted by Gasteiger charge is 2.31. The molecule has 14 heavy (non-hydrogen) atoms. The molecule has 2 heteroatoms. The van der Waals surface area contributed by atoms with Gasteiger partial charge in [0.05, 0.1) is 0 Å². The lowest BCUT2D eigenvalue weighted by Crippen LogP contribution is -2.56. The van der Waals surface area contributed by atoms with E-state index in [0.29, 0.717) is 0 Å². The largest absolute Gasteiger partial charge is 0.314 e. The molecule has 2 aliphatic rings. The summed E-state index contributed by atoms with van der Waals surface area (Å²) in [5.41, 5.74) is 0. The van der Waals surface area contributed by atoms with Crippen molar-refractivity contribution in [2.75, 3.05) is 19.6 Å². The summed E-state index contributed by atoms with van der Waals surface area (Å²) in [6, 6.07) is 1.69. The molecule has 1 atom stereocenters. The highest BCUT2D eigenvalue weighted by atomic mass is 15.2. The van der Waals surface area contributed by atoms with Crippen LogP contribution < -0.4 is 5.32 Å². The minimum Gasteiger partial charge on any atom is -0.314 e. The average Bonchev–Trinajstić information content (AvgIpc) is 2.70. The molecule has 0 aromatic heterocycles. The van der Waals surface area contributed by atoms with Crippen LogP contribution in [0.3, 0.4) is 0 Å². The smallest absolute Gasteiger partial charge is 0.0247 e. The molecule has 0 radical (unpaired) electrons. The lowest BCUT2D eigenvalue weighted by molar-refractivity contribution is 0.0793. The van der Waals surface area contributed by atoms with Crippen LogP contribution in [0.4, 0.5) is 0 Å². The molecule has 1 aliphatic heterocycles. The van der Waals surface area contributed by atoms with Gasteiger partial charge in [-0.2, -0.15) is 0 Å². The predicted molar refractivity (Wildman–Crippen MR) is 60.5 cm³/mol. The minimum atomic E-state index is 0.784. The lowest BCUT2D eigenvalue weighted by Gasteiger charge is -2.42. The van der Waals surface area contributed by atoms with Crippen LogP contribution in [0, 0.1) is 5.92 Å². The lowest BCUT2D eigenvalue weighted by atomic mass is 9.98. The fourth-order valence-electron chi connectivity index (χ4n) is 3.05. The molecule has 2 nitrogen and oxygen atoms in total. The standard InChI is InChI=1S/C12H24N2/c1-10(2)12-9-13-7-8-14(12)11-5-3-4-6-11/h10-13H,3-9H2,1-2H3/t12-/m0/s1. The first-order chi connectivity index (χ1) is 6.79. The van der Waals surface area contributed by atoms with Crippen LogP contribution in [-0.2, 0) is 0 Å². The predicted octanol–water partition coefficient (Wildman–Crippen LogP) is 1.86. The Balaban J connectivity index is 1.98. The first kappa shape index (κ1) is 10.4. The molecular weight excluding hydrogens is 172 g/mol. The van der Waals surface area contributed by atoms with Gasteiger partial charge in [-0.1, -0.05) is 26.7 Å². The van der Waals surface area contributed by atoms with Crippen molar-refractivity contribution < 1.29 is 0 Å². The summed E-state index contributed by atoms with van der Waals surface area (Å²) >= 11 is 0. The maximum Gasteiger partial charge on any atom is 0.0247 e. The number of piperazine rings is 1. The van der Waals surface area contributed by atoms with Gasteiger partial charge in [-0.3, -0.25) is 4.90 Å². The average molecular weight is 196 g/mol. The SMILES string of the molecule is CC(C)[C@@H]1CNCCN1C1CCCC1. The summed E-state index contributed by atoms with van der Waals surface area (Å²) in [6.45, 7) is 8.39. The van der Waals surface area contributed by atoms with E-state index in [1.165, 1.54) is 45.3 Å². The van der Waals surface area contributed by atoms with Crippen LogP contribution in [0.15, 0.2) is 0 Å². The fraction of sp³-hybridized carbons (Fsp3) is 1.00. The van der Waals surface area contributed by atoms with Crippen molar-refractivity contribution in [1.82, 2.24) is 10.2 Å². The molecule has 1 aliphatic carbocycles. The molecule has 2 rings (SSSR count). The molecule has 82 valence electrons. The van der Waals surface area contributed by atoms with E-state index in [-0.39, 0.29) is 0 Å². The van der Waals surface area contributed by atoms with Crippen LogP contribution in [-0.4, -0.2) is 36.6 Å². The van der Waals surface area contributed by atoms with Gasteiger partial charge in [0.2, 0.25) is 0 Å². The molecular formula is C12H24N2. The Kier molecular flexibility index (Phi) is 3.45. The van der Waals surface area contributed by atoms with E-state index in [0.717, 1.165) is 18.0 Å². The zero-order valence-corrected chi connectivity index (χ0v) is 9.63. The van der Waals surface area contributed by atoms with Gasteiger partial charge in [0.1, 0.15) is 0 Å². The highest BCUT2D eigenvalue weighted by molar-refractivity contribution is 4.88. The Morgan fingerprint density at radius 3 is 2.57 bits per heavy atom. The van der Waals surface area contributed by atoms with Crippen LogP contribution in [0.2, 0.25) is 0 Å². The van der Waals surface area contributed by atoms with Gasteiger partial charge in [0, 0.05) is 31.7 Å². The molecule has 2 fully saturated rings. The van der Waals surface area contributed by atoms with Crippen molar-refractivity contribution in [2.45, 2.75) is 51.6 Å². The molecule has 1 heterocycles. The van der Waals surface area contributed by atoms with Gasteiger partial charge in [-0.15, -0.1) is 0 Å². The zero-order valence-electron chi connectivity index (χ0n) is 9.63. The summed E-state index contributed by atoms with van der Waals surface area (Å²) in [5, 5.41) is 3.53. The third-order valence-corrected chi connectivity index (χ3v) is 3.89. The summed E-state index contributed by atoms with van der Waals surface area (Å²) in [7, 11) is 0. The highest BCUT2D eigenvalue weighted by Crippen LogP contribution is 2.27. The minimum absolute atomic E-state index is 0.784. The van der Waals surface area contributed by atoms with Crippen molar-refractivity contribution in [3.8, 4) is 0 Å². The number of nitrogens with one attached hydrogen (secondary N) is 1. The maximum atomic E-state index is 3.53. The van der Waals surface area contributed by atoms with E-state index < -0.39 is 0 Å². The van der Waals surface area contributed by atoms with E-state index in [2.05, 4.69) is 24.1 Å². The molecule has 0 amide bonds. The van der Waals surface area contributed by atoms with Crippen LogP contribution in [0.25, 0.3) is 0 Å². The van der Waals surface area contributed by atoms with E-state index >= 15 is 0 Å². The Morgan fingerprint density at radius 1 is 1.21 bits per heavy atom. The van der Waals surface area contributed by atoms with Gasteiger partial charge in [-0.05, 0) is 18.8 Å². The van der Waals surface area contributed by atoms with Gasteiger partial charge in [0.15, 0.2) is 0 Å². The maximum absolute atomic E-state index is 3.53. The second-order valence-corrected chi connectivity index (χ2v) is 5.19. The molecule has 1 N–H and O–H groups in total. The number of hydrogen-bond donors (Lipinski definition) is 1. The van der Waals surface area contributed by atoms with Gasteiger partial charge in [0.25, 0.3) is 0 Å². The fourth-order valence-corrected chi connectivity index (χ4v) is 3.05. The summed E-state index contributed by atoms with van der Waals surface area (Å²) < 4.78 is 0. The summed E-state index contributed by atoms with van der Waals surface area (Å²) in [6.07, 6.45) is 5.81. The monoisotopic (exact) mass is 196 g/mol. The van der Waals surface area contributed by atoms with E-state index in [9.17, 15) is 0 Å². The van der Waals surface area contributed by atoms with E-state index in [1.54, 1.807) is 0 Å². The topological polar surface area (TPSA) is 15.3 Å². The Morgan fingerprint density at radius 2 is 1.93 bits per heavy atom. The van der Waals surface area contributed by atoms with Crippen molar-refractivity contribution >= 4 is 0 Å². The van der Waals surface area contributed by atoms with Crippen LogP contribution in [0.5, 0.6) is 0 Å². The Bertz CT molecular complexity index is 173. The van der Waals surface area contributed by atoms with Gasteiger partial charge < -0.3 is 5.32 Å². The quantitative estimate of drug-likeness (QED) is 0.725. The van der Waals surface area contributed by atoms with Crippen molar-refractivity contribution in [2.24, 2.45) is 5.92 Å². The third kappa shape index (κ3) is 2.12. The molecule has 0 bridgehead atoms. The first-order valence-corrected chi connectivity index (χ1v) is 6.25.